The SMILES string of the molecule is N.[K+].[Na+].[OH-].[OH-]. The summed E-state index contributed by atoms with van der Waals surface area (Å²) >= 11 is 0. The predicted octanol–water partition coefficient (Wildman–Crippen LogP) is -6.18. The smallest absolute Gasteiger partial charge is 0.870 e. The van der Waals surface area contributed by atoms with Gasteiger partial charge in [-0.15, -0.1) is 0 Å². The molecule has 0 radical (unpaired) electrons. The maximum atomic E-state index is 0. The molecule has 0 aliphatic rings. The Morgan fingerprint density at radius 1 is 0.800 bits per heavy atom. The molecule has 0 saturated carbocycles. The van der Waals surface area contributed by atoms with E-state index in [9.17, 15) is 0 Å². The fraction of sp³-hybridized carbons (Fsp3) is 0. The van der Waals surface area contributed by atoms with Gasteiger partial charge in [0.1, 0.15) is 0 Å². The topological polar surface area (TPSA) is 95.0 Å². The molecule has 0 atom stereocenters. The van der Waals surface area contributed by atoms with Gasteiger partial charge in [-0.2, -0.15) is 0 Å². The van der Waals surface area contributed by atoms with E-state index in [2.05, 4.69) is 0 Å². The summed E-state index contributed by atoms with van der Waals surface area (Å²) in [5.74, 6) is 0. The van der Waals surface area contributed by atoms with E-state index in [0.717, 1.165) is 0 Å². The normalized spacial score (nSPS) is 0. The Morgan fingerprint density at radius 3 is 0.800 bits per heavy atom. The van der Waals surface area contributed by atoms with Crippen LogP contribution >= 0.6 is 0 Å². The van der Waals surface area contributed by atoms with E-state index in [1.165, 1.54) is 0 Å². The summed E-state index contributed by atoms with van der Waals surface area (Å²) in [6.07, 6.45) is 0. The van der Waals surface area contributed by atoms with Crippen LogP contribution in [0, 0.1) is 0 Å². The van der Waals surface area contributed by atoms with Crippen LogP contribution in [-0.2, 0) is 0 Å². The van der Waals surface area contributed by atoms with Crippen molar-refractivity contribution in [3.05, 3.63) is 0 Å². The van der Waals surface area contributed by atoms with Gasteiger partial charge in [-0.25, -0.2) is 0 Å². The Bertz CT molecular complexity index is 9.61. The third kappa shape index (κ3) is 21.0. The van der Waals surface area contributed by atoms with Crippen molar-refractivity contribution in [2.45, 2.75) is 0 Å². The van der Waals surface area contributed by atoms with Crippen molar-refractivity contribution in [2.75, 3.05) is 0 Å². The zero-order valence-electron chi connectivity index (χ0n) is 3.60. The van der Waals surface area contributed by atoms with Crippen LogP contribution in [0.25, 0.3) is 0 Å². The third-order valence-corrected chi connectivity index (χ3v) is 0. The summed E-state index contributed by atoms with van der Waals surface area (Å²) in [5.41, 5.74) is 0. The molecule has 0 saturated heterocycles. The molecule has 0 heterocycles. The molecule has 0 aromatic heterocycles. The predicted molar refractivity (Wildman–Crippen MR) is 8.89 cm³/mol. The van der Waals surface area contributed by atoms with Gasteiger partial charge in [-0.3, -0.25) is 0 Å². The summed E-state index contributed by atoms with van der Waals surface area (Å²) in [5, 5.41) is 0. The van der Waals surface area contributed by atoms with Crippen molar-refractivity contribution in [1.29, 1.82) is 0 Å². The van der Waals surface area contributed by atoms with Crippen molar-refractivity contribution in [3.8, 4) is 0 Å². The molecular weight excluding hydrogens is 108 g/mol. The Morgan fingerprint density at radius 2 is 0.800 bits per heavy atom. The second-order valence-corrected chi connectivity index (χ2v) is 0. The van der Waals surface area contributed by atoms with Gasteiger partial charge in [0.15, 0.2) is 0 Å². The second-order valence-electron chi connectivity index (χ2n) is 0. The monoisotopic (exact) mass is 113 g/mol. The molecule has 5 heavy (non-hydrogen) atoms. The van der Waals surface area contributed by atoms with Crippen LogP contribution < -0.4 is 87.1 Å². The molecule has 5 heteroatoms. The van der Waals surface area contributed by atoms with E-state index in [-0.39, 0.29) is 98.0 Å². The van der Waals surface area contributed by atoms with Gasteiger partial charge in [-0.1, -0.05) is 0 Å². The van der Waals surface area contributed by atoms with Crippen LogP contribution in [0.3, 0.4) is 0 Å². The third-order valence-electron chi connectivity index (χ3n) is 0. The van der Waals surface area contributed by atoms with Crippen LogP contribution in [-0.4, -0.2) is 11.0 Å². The maximum absolute atomic E-state index is 0. The number of hydrogen-bond donors (Lipinski definition) is 1. The molecule has 24 valence electrons. The molecule has 5 N–H and O–H groups in total. The molecule has 0 amide bonds. The standard InChI is InChI=1S/K.H3N.Na.2H2O/h;1H3;;2*1H2/q+1;;+1;;/p-2. The average Bonchev–Trinajstić information content (AvgIpc) is 0. The van der Waals surface area contributed by atoms with Crippen LogP contribution in [0.15, 0.2) is 0 Å². The maximum Gasteiger partial charge on any atom is 1.00 e. The zero-order valence-corrected chi connectivity index (χ0v) is 8.72. The second kappa shape index (κ2) is 31.3. The minimum absolute atomic E-state index is 0. The minimum atomic E-state index is 0. The van der Waals surface area contributed by atoms with Crippen molar-refractivity contribution >= 4 is 0 Å². The van der Waals surface area contributed by atoms with Crippen LogP contribution in [0.1, 0.15) is 0 Å². The fourth-order valence-corrected chi connectivity index (χ4v) is 0. The van der Waals surface area contributed by atoms with Gasteiger partial charge in [0.25, 0.3) is 0 Å². The van der Waals surface area contributed by atoms with E-state index in [0.29, 0.717) is 0 Å². The van der Waals surface area contributed by atoms with E-state index >= 15 is 0 Å². The first-order valence-corrected chi connectivity index (χ1v) is 0. The van der Waals surface area contributed by atoms with E-state index < -0.39 is 0 Å². The first-order chi connectivity index (χ1) is 0. The molecule has 0 spiro atoms. The molecule has 0 rings (SSSR count). The summed E-state index contributed by atoms with van der Waals surface area (Å²) in [6, 6.07) is 0. The average molecular weight is 113 g/mol. The summed E-state index contributed by atoms with van der Waals surface area (Å²) in [7, 11) is 0. The zero-order chi connectivity index (χ0) is 0. The van der Waals surface area contributed by atoms with Crippen LogP contribution in [0.4, 0.5) is 0 Å². The van der Waals surface area contributed by atoms with E-state index in [4.69, 9.17) is 0 Å². The molecule has 0 unspecified atom stereocenters. The van der Waals surface area contributed by atoms with Crippen LogP contribution in [0.5, 0.6) is 0 Å². The molecule has 0 aliphatic carbocycles. The minimum Gasteiger partial charge on any atom is -0.870 e. The van der Waals surface area contributed by atoms with Crippen molar-refractivity contribution in [1.82, 2.24) is 6.15 Å². The van der Waals surface area contributed by atoms with Crippen molar-refractivity contribution in [3.63, 3.8) is 0 Å². The molecule has 3 nitrogen and oxygen atoms in total. The van der Waals surface area contributed by atoms with E-state index in [1.54, 1.807) is 0 Å². The summed E-state index contributed by atoms with van der Waals surface area (Å²) < 4.78 is 0. The molecule has 0 bridgehead atoms. The summed E-state index contributed by atoms with van der Waals surface area (Å²) in [6.45, 7) is 0. The van der Waals surface area contributed by atoms with Gasteiger partial charge in [0, 0.05) is 0 Å². The van der Waals surface area contributed by atoms with Crippen LogP contribution in [0.2, 0.25) is 0 Å². The fourth-order valence-electron chi connectivity index (χ4n) is 0. The first kappa shape index (κ1) is 50.4. The molecule has 0 aromatic rings. The van der Waals surface area contributed by atoms with Gasteiger partial charge in [-0.05, 0) is 0 Å². The Kier molecular flexibility index (Phi) is 316. The Hall–Kier alpha value is 2.52. The molecule has 0 aliphatic heterocycles. The molecular formula is H5KNNaO2. The molecule has 0 fully saturated rings. The Labute approximate surface area is 95.8 Å². The van der Waals surface area contributed by atoms with E-state index in [1.807, 2.05) is 0 Å². The number of rotatable bonds is 0. The van der Waals surface area contributed by atoms with Gasteiger partial charge >= 0.3 is 80.9 Å². The first-order valence-electron chi connectivity index (χ1n) is 0. The Balaban J connectivity index is 0. The van der Waals surface area contributed by atoms with Gasteiger partial charge < -0.3 is 17.1 Å². The van der Waals surface area contributed by atoms with Crippen molar-refractivity contribution < 1.29 is 91.9 Å². The largest absolute Gasteiger partial charge is 1.00 e. The van der Waals surface area contributed by atoms with Gasteiger partial charge in [0.2, 0.25) is 0 Å². The number of hydrogen-bond acceptors (Lipinski definition) is 3. The van der Waals surface area contributed by atoms with Crippen molar-refractivity contribution in [2.24, 2.45) is 0 Å². The quantitative estimate of drug-likeness (QED) is 0.316. The van der Waals surface area contributed by atoms with Gasteiger partial charge in [0.05, 0.1) is 0 Å². The molecule has 0 aromatic carbocycles. The summed E-state index contributed by atoms with van der Waals surface area (Å²) in [4.78, 5) is 0.